The van der Waals surface area contributed by atoms with E-state index in [0.717, 1.165) is 6.07 Å². The highest BCUT2D eigenvalue weighted by Crippen LogP contribution is 2.35. The van der Waals surface area contributed by atoms with Gasteiger partial charge in [0.25, 0.3) is 5.91 Å². The number of nitrogens with one attached hydrogen (secondary N) is 1. The summed E-state index contributed by atoms with van der Waals surface area (Å²) in [6, 6.07) is 10.8. The Bertz CT molecular complexity index is 1440. The van der Waals surface area contributed by atoms with Crippen molar-refractivity contribution in [3.63, 3.8) is 0 Å². The number of carbonyl (C=O) groups excluding carboxylic acids is 3. The molecule has 0 unspecified atom stereocenters. The maximum Gasteiger partial charge on any atom is 0.338 e. The van der Waals surface area contributed by atoms with Gasteiger partial charge in [-0.15, -0.1) is 0 Å². The number of carbonyl (C=O) groups is 3. The SMILES string of the molecule is C[C@@H](OC(=O)c1ccc2c(c1)S(=O)(=O)c1ccccc1C2=O)C(=O)Nc1ncc(Cl)cc1Cl. The molecule has 0 bridgehead atoms. The number of anilines is 1. The van der Waals surface area contributed by atoms with E-state index in [1.54, 1.807) is 6.07 Å². The van der Waals surface area contributed by atoms with Gasteiger partial charge in [0.15, 0.2) is 17.7 Å². The molecule has 0 fully saturated rings. The molecule has 4 rings (SSSR count). The normalized spacial score (nSPS) is 14.6. The van der Waals surface area contributed by atoms with Gasteiger partial charge in [-0.25, -0.2) is 18.2 Å². The number of benzene rings is 2. The van der Waals surface area contributed by atoms with Crippen molar-refractivity contribution < 1.29 is 27.5 Å². The van der Waals surface area contributed by atoms with Crippen LogP contribution in [-0.2, 0) is 19.4 Å². The molecule has 8 nitrogen and oxygen atoms in total. The molecule has 1 aromatic heterocycles. The zero-order chi connectivity index (χ0) is 23.9. The molecule has 3 aromatic rings. The van der Waals surface area contributed by atoms with Crippen LogP contribution in [0.4, 0.5) is 5.82 Å². The molecular weight excluding hydrogens is 491 g/mol. The van der Waals surface area contributed by atoms with Gasteiger partial charge in [0.1, 0.15) is 0 Å². The smallest absolute Gasteiger partial charge is 0.338 e. The van der Waals surface area contributed by atoms with E-state index in [2.05, 4.69) is 10.3 Å². The van der Waals surface area contributed by atoms with E-state index in [-0.39, 0.29) is 42.3 Å². The Morgan fingerprint density at radius 2 is 1.73 bits per heavy atom. The van der Waals surface area contributed by atoms with Crippen molar-refractivity contribution in [1.29, 1.82) is 0 Å². The van der Waals surface area contributed by atoms with E-state index in [1.165, 1.54) is 49.5 Å². The number of sulfone groups is 1. The number of rotatable bonds is 4. The van der Waals surface area contributed by atoms with E-state index in [4.69, 9.17) is 27.9 Å². The van der Waals surface area contributed by atoms with Gasteiger partial charge in [0.2, 0.25) is 9.84 Å². The summed E-state index contributed by atoms with van der Waals surface area (Å²) in [6.07, 6.45) is 0.0215. The lowest BCUT2D eigenvalue weighted by molar-refractivity contribution is -0.123. The number of hydrogen-bond acceptors (Lipinski definition) is 7. The van der Waals surface area contributed by atoms with Crippen LogP contribution in [0.5, 0.6) is 0 Å². The number of amides is 1. The van der Waals surface area contributed by atoms with Crippen LogP contribution in [0.1, 0.15) is 33.2 Å². The standard InChI is InChI=1S/C22H14Cl2N2O6S/c1-11(21(28)26-20-16(24)9-13(23)10-25-20)32-22(29)12-6-7-15-18(8-12)33(30,31)17-5-3-2-4-14(17)19(15)27/h2-11H,1H3,(H,25,26,28)/t11-/m1/s1. The number of ketones is 1. The number of nitrogens with zero attached hydrogens (tertiary/aromatic N) is 1. The highest BCUT2D eigenvalue weighted by atomic mass is 35.5. The molecule has 1 amide bonds. The van der Waals surface area contributed by atoms with Crippen LogP contribution < -0.4 is 5.32 Å². The zero-order valence-corrected chi connectivity index (χ0v) is 19.2. The molecule has 0 aliphatic carbocycles. The molecule has 1 aliphatic rings. The Kier molecular flexibility index (Phi) is 5.96. The number of hydrogen-bond donors (Lipinski definition) is 1. The first-order chi connectivity index (χ1) is 15.6. The lowest BCUT2D eigenvalue weighted by Gasteiger charge is -2.19. The summed E-state index contributed by atoms with van der Waals surface area (Å²) in [5.41, 5.74) is -0.105. The summed E-state index contributed by atoms with van der Waals surface area (Å²) < 4.78 is 31.2. The van der Waals surface area contributed by atoms with Gasteiger partial charge in [0, 0.05) is 17.3 Å². The maximum atomic E-state index is 13.0. The molecule has 33 heavy (non-hydrogen) atoms. The van der Waals surface area contributed by atoms with Crippen molar-refractivity contribution >= 4 is 56.5 Å². The second-order valence-corrected chi connectivity index (χ2v) is 9.79. The highest BCUT2D eigenvalue weighted by molar-refractivity contribution is 7.91. The van der Waals surface area contributed by atoms with Crippen molar-refractivity contribution in [1.82, 2.24) is 4.98 Å². The van der Waals surface area contributed by atoms with E-state index < -0.39 is 33.6 Å². The quantitative estimate of drug-likeness (QED) is 0.417. The van der Waals surface area contributed by atoms with Gasteiger partial charge in [-0.2, -0.15) is 0 Å². The second kappa shape index (κ2) is 8.58. The first kappa shape index (κ1) is 22.9. The molecule has 0 radical (unpaired) electrons. The molecule has 2 aromatic carbocycles. The molecule has 1 N–H and O–H groups in total. The van der Waals surface area contributed by atoms with Crippen LogP contribution in [0, 0.1) is 0 Å². The minimum Gasteiger partial charge on any atom is -0.449 e. The summed E-state index contributed by atoms with van der Waals surface area (Å²) in [7, 11) is -4.03. The molecule has 11 heteroatoms. The Morgan fingerprint density at radius 1 is 1.03 bits per heavy atom. The number of halogens is 2. The Labute approximate surface area is 198 Å². The predicted octanol–water partition coefficient (Wildman–Crippen LogP) is 3.95. The molecule has 0 spiro atoms. The first-order valence-corrected chi connectivity index (χ1v) is 11.7. The third-order valence-electron chi connectivity index (χ3n) is 4.88. The maximum absolute atomic E-state index is 13.0. The molecule has 1 aliphatic heterocycles. The highest BCUT2D eigenvalue weighted by Gasteiger charge is 2.35. The van der Waals surface area contributed by atoms with Gasteiger partial charge < -0.3 is 10.1 Å². The molecule has 1 atom stereocenters. The molecule has 168 valence electrons. The lowest BCUT2D eigenvalue weighted by Crippen LogP contribution is -2.30. The third-order valence-corrected chi connectivity index (χ3v) is 7.22. The summed E-state index contributed by atoms with van der Waals surface area (Å²) >= 11 is 11.7. The Morgan fingerprint density at radius 3 is 2.45 bits per heavy atom. The lowest BCUT2D eigenvalue weighted by atomic mass is 10.0. The largest absolute Gasteiger partial charge is 0.449 e. The summed E-state index contributed by atoms with van der Waals surface area (Å²) in [4.78, 5) is 41.2. The number of fused-ring (bicyclic) bond motifs is 2. The van der Waals surface area contributed by atoms with Crippen LogP contribution in [-0.4, -0.2) is 37.2 Å². The monoisotopic (exact) mass is 504 g/mol. The Balaban J connectivity index is 1.56. The third kappa shape index (κ3) is 4.22. The first-order valence-electron chi connectivity index (χ1n) is 9.45. The van der Waals surface area contributed by atoms with Crippen LogP contribution in [0.15, 0.2) is 64.5 Å². The number of pyridine rings is 1. The fourth-order valence-electron chi connectivity index (χ4n) is 3.22. The van der Waals surface area contributed by atoms with Crippen LogP contribution in [0.25, 0.3) is 0 Å². The minimum atomic E-state index is -4.03. The summed E-state index contributed by atoms with van der Waals surface area (Å²) in [5.74, 6) is -2.09. The van der Waals surface area contributed by atoms with Crippen molar-refractivity contribution in [3.05, 3.63) is 81.5 Å². The fraction of sp³-hybridized carbons (Fsp3) is 0.0909. The summed E-state index contributed by atoms with van der Waals surface area (Å²) in [6.45, 7) is 1.33. The van der Waals surface area contributed by atoms with Gasteiger partial charge in [-0.05, 0) is 43.3 Å². The molecular formula is C22H14Cl2N2O6S. The van der Waals surface area contributed by atoms with E-state index >= 15 is 0 Å². The Hall–Kier alpha value is -3.27. The average molecular weight is 505 g/mol. The zero-order valence-electron chi connectivity index (χ0n) is 16.8. The fourth-order valence-corrected chi connectivity index (χ4v) is 5.32. The minimum absolute atomic E-state index is 0.0333. The average Bonchev–Trinajstić information content (AvgIpc) is 2.79. The van der Waals surface area contributed by atoms with Crippen molar-refractivity contribution in [2.45, 2.75) is 22.8 Å². The topological polar surface area (TPSA) is 120 Å². The van der Waals surface area contributed by atoms with Crippen molar-refractivity contribution in [2.24, 2.45) is 0 Å². The predicted molar refractivity (Wildman–Crippen MR) is 120 cm³/mol. The molecule has 0 saturated carbocycles. The summed E-state index contributed by atoms with van der Waals surface area (Å²) in [5, 5.41) is 2.79. The van der Waals surface area contributed by atoms with E-state index in [9.17, 15) is 22.8 Å². The molecule has 2 heterocycles. The molecule has 0 saturated heterocycles. The second-order valence-electron chi connectivity index (χ2n) is 7.06. The van der Waals surface area contributed by atoms with E-state index in [1.807, 2.05) is 0 Å². The van der Waals surface area contributed by atoms with Crippen molar-refractivity contribution in [2.75, 3.05) is 5.32 Å². The van der Waals surface area contributed by atoms with E-state index in [0.29, 0.717) is 0 Å². The van der Waals surface area contributed by atoms with Crippen molar-refractivity contribution in [3.8, 4) is 0 Å². The van der Waals surface area contributed by atoms with Crippen LogP contribution in [0.3, 0.4) is 0 Å². The van der Waals surface area contributed by atoms with Gasteiger partial charge in [-0.1, -0.05) is 35.3 Å². The number of esters is 1. The number of ether oxygens (including phenoxy) is 1. The van der Waals surface area contributed by atoms with Crippen LogP contribution in [0.2, 0.25) is 10.0 Å². The van der Waals surface area contributed by atoms with Gasteiger partial charge >= 0.3 is 5.97 Å². The van der Waals surface area contributed by atoms with Gasteiger partial charge in [-0.3, -0.25) is 9.59 Å². The number of aromatic nitrogens is 1. The van der Waals surface area contributed by atoms with Gasteiger partial charge in [0.05, 0.1) is 25.4 Å². The van der Waals surface area contributed by atoms with Crippen LogP contribution >= 0.6 is 23.2 Å².